The van der Waals surface area contributed by atoms with E-state index in [4.69, 9.17) is 4.74 Å². The minimum Gasteiger partial charge on any atom is -0.455 e. The molecule has 2 aliphatic carbocycles. The summed E-state index contributed by atoms with van der Waals surface area (Å²) in [5.41, 5.74) is 1.27. The number of hydrogen-bond acceptors (Lipinski definition) is 2. The van der Waals surface area contributed by atoms with Gasteiger partial charge >= 0.3 is 5.97 Å². The summed E-state index contributed by atoms with van der Waals surface area (Å²) in [6, 6.07) is 0. The maximum absolute atomic E-state index is 12.6. The molecule has 3 aliphatic rings. The van der Waals surface area contributed by atoms with E-state index in [1.54, 1.807) is 0 Å². The van der Waals surface area contributed by atoms with Gasteiger partial charge in [-0.25, -0.2) is 4.79 Å². The van der Waals surface area contributed by atoms with Gasteiger partial charge in [0.1, 0.15) is 5.60 Å². The van der Waals surface area contributed by atoms with E-state index in [0.29, 0.717) is 17.3 Å². The molecule has 2 saturated carbocycles. The normalized spacial score (nSPS) is 45.6. The highest BCUT2D eigenvalue weighted by atomic mass is 16.6. The van der Waals surface area contributed by atoms with Gasteiger partial charge in [-0.15, -0.1) is 0 Å². The molecule has 3 fully saturated rings. The van der Waals surface area contributed by atoms with Gasteiger partial charge in [-0.2, -0.15) is 0 Å². The van der Waals surface area contributed by atoms with E-state index < -0.39 is 0 Å². The first-order chi connectivity index (χ1) is 10.1. The Hall–Kier alpha value is -0.790. The maximum atomic E-state index is 12.6. The van der Waals surface area contributed by atoms with Crippen LogP contribution in [0.5, 0.6) is 0 Å². The van der Waals surface area contributed by atoms with Gasteiger partial charge in [0.05, 0.1) is 0 Å². The Kier molecular flexibility index (Phi) is 3.55. The largest absolute Gasteiger partial charge is 0.455 e. The van der Waals surface area contributed by atoms with Crippen LogP contribution in [0.15, 0.2) is 11.6 Å². The minimum absolute atomic E-state index is 0.0496. The number of rotatable bonds is 1. The van der Waals surface area contributed by atoms with Crippen molar-refractivity contribution in [1.29, 1.82) is 0 Å². The van der Waals surface area contributed by atoms with E-state index in [2.05, 4.69) is 47.6 Å². The molecule has 2 heteroatoms. The van der Waals surface area contributed by atoms with Gasteiger partial charge in [-0.3, -0.25) is 0 Å². The highest BCUT2D eigenvalue weighted by Gasteiger charge is 2.64. The number of fused-ring (bicyclic) bond motifs is 3. The third-order valence-corrected chi connectivity index (χ3v) is 6.86. The fourth-order valence-electron chi connectivity index (χ4n) is 6.21. The summed E-state index contributed by atoms with van der Waals surface area (Å²) in [6.45, 7) is 13.8. The number of hydrogen-bond donors (Lipinski definition) is 0. The number of carbonyl (C=O) groups excluding carboxylic acids is 1. The first-order valence-electron chi connectivity index (χ1n) is 9.05. The zero-order chi connectivity index (χ0) is 16.3. The van der Waals surface area contributed by atoms with Crippen LogP contribution >= 0.6 is 0 Å². The number of allylic oxidation sites excluding steroid dienone is 1. The standard InChI is InChI=1S/C20H32O2/c1-13(2)12-14-16-19(5)10-7-9-18(3,4)15(19)8-11-20(16,6)22-17(14)21/h12-13,15-16H,7-11H2,1-6H3/b14-12-/t15-,16+,19-,20+/m1/s1. The molecule has 22 heavy (non-hydrogen) atoms. The van der Waals surface area contributed by atoms with Crippen molar-refractivity contribution in [1.82, 2.24) is 0 Å². The van der Waals surface area contributed by atoms with Crippen LogP contribution in [-0.4, -0.2) is 11.6 Å². The molecule has 3 rings (SSSR count). The molecule has 1 heterocycles. The molecule has 0 bridgehead atoms. The molecule has 1 aliphatic heterocycles. The van der Waals surface area contributed by atoms with Crippen LogP contribution in [0.4, 0.5) is 0 Å². The molecule has 124 valence electrons. The van der Waals surface area contributed by atoms with E-state index >= 15 is 0 Å². The second-order valence-corrected chi connectivity index (χ2v) is 9.44. The van der Waals surface area contributed by atoms with Crippen molar-refractivity contribution in [2.24, 2.45) is 28.6 Å². The summed E-state index contributed by atoms with van der Waals surface area (Å²) in [7, 11) is 0. The second-order valence-electron chi connectivity index (χ2n) is 9.44. The zero-order valence-electron chi connectivity index (χ0n) is 15.2. The predicted octanol–water partition coefficient (Wildman–Crippen LogP) is 5.13. The highest BCUT2D eigenvalue weighted by Crippen LogP contribution is 2.66. The van der Waals surface area contributed by atoms with Gasteiger partial charge in [-0.1, -0.05) is 47.1 Å². The fraction of sp³-hybridized carbons (Fsp3) is 0.850. The van der Waals surface area contributed by atoms with Crippen LogP contribution in [0.3, 0.4) is 0 Å². The summed E-state index contributed by atoms with van der Waals surface area (Å²) in [5, 5.41) is 0. The van der Waals surface area contributed by atoms with E-state index in [9.17, 15) is 4.79 Å². The number of ether oxygens (including phenoxy) is 1. The molecule has 0 spiro atoms. The Morgan fingerprint density at radius 3 is 2.45 bits per heavy atom. The fourth-order valence-corrected chi connectivity index (χ4v) is 6.21. The van der Waals surface area contributed by atoms with E-state index in [-0.39, 0.29) is 22.9 Å². The van der Waals surface area contributed by atoms with E-state index in [1.165, 1.54) is 25.7 Å². The van der Waals surface area contributed by atoms with Gasteiger partial charge < -0.3 is 4.74 Å². The van der Waals surface area contributed by atoms with Crippen LogP contribution in [0.2, 0.25) is 0 Å². The van der Waals surface area contributed by atoms with Crippen LogP contribution in [0.25, 0.3) is 0 Å². The molecule has 4 atom stereocenters. The van der Waals surface area contributed by atoms with Gasteiger partial charge in [0, 0.05) is 11.5 Å². The monoisotopic (exact) mass is 304 g/mol. The molecule has 0 aromatic heterocycles. The number of esters is 1. The van der Waals surface area contributed by atoms with Crippen molar-refractivity contribution in [2.45, 2.75) is 79.2 Å². The zero-order valence-corrected chi connectivity index (χ0v) is 15.2. The molecule has 0 unspecified atom stereocenters. The van der Waals surface area contributed by atoms with Gasteiger partial charge in [-0.05, 0) is 55.3 Å². The third-order valence-electron chi connectivity index (χ3n) is 6.86. The lowest BCUT2D eigenvalue weighted by Crippen LogP contribution is -2.56. The Balaban J connectivity index is 2.10. The summed E-state index contributed by atoms with van der Waals surface area (Å²) in [5.74, 6) is 1.31. The van der Waals surface area contributed by atoms with Crippen molar-refractivity contribution in [2.75, 3.05) is 0 Å². The van der Waals surface area contributed by atoms with Gasteiger partial charge in [0.25, 0.3) is 0 Å². The topological polar surface area (TPSA) is 26.3 Å². The van der Waals surface area contributed by atoms with E-state index in [0.717, 1.165) is 12.0 Å². The maximum Gasteiger partial charge on any atom is 0.334 e. The Bertz CT molecular complexity index is 516. The van der Waals surface area contributed by atoms with Crippen LogP contribution in [-0.2, 0) is 9.53 Å². The third kappa shape index (κ3) is 2.17. The van der Waals surface area contributed by atoms with Crippen molar-refractivity contribution < 1.29 is 9.53 Å². The Labute approximate surface area is 135 Å². The van der Waals surface area contributed by atoms with Crippen molar-refractivity contribution >= 4 is 5.97 Å². The smallest absolute Gasteiger partial charge is 0.334 e. The molecule has 1 saturated heterocycles. The van der Waals surface area contributed by atoms with Gasteiger partial charge in [0.2, 0.25) is 0 Å². The lowest BCUT2D eigenvalue weighted by atomic mass is 9.45. The quantitative estimate of drug-likeness (QED) is 0.496. The number of carbonyl (C=O) groups is 1. The highest BCUT2D eigenvalue weighted by molar-refractivity contribution is 5.92. The van der Waals surface area contributed by atoms with Crippen molar-refractivity contribution in [3.8, 4) is 0 Å². The average molecular weight is 304 g/mol. The first-order valence-corrected chi connectivity index (χ1v) is 9.05. The van der Waals surface area contributed by atoms with E-state index in [1.807, 2.05) is 0 Å². The second kappa shape index (κ2) is 4.85. The molecular formula is C20H32O2. The predicted molar refractivity (Wildman–Crippen MR) is 89.4 cm³/mol. The Morgan fingerprint density at radius 2 is 1.82 bits per heavy atom. The van der Waals surface area contributed by atoms with Crippen LogP contribution < -0.4 is 0 Å². The summed E-state index contributed by atoms with van der Waals surface area (Å²) in [4.78, 5) is 12.6. The molecule has 0 aromatic carbocycles. The molecule has 2 nitrogen and oxygen atoms in total. The van der Waals surface area contributed by atoms with Crippen LogP contribution in [0, 0.1) is 28.6 Å². The Morgan fingerprint density at radius 1 is 1.14 bits per heavy atom. The molecule has 0 amide bonds. The molecule has 0 N–H and O–H groups in total. The molecule has 0 aromatic rings. The lowest BCUT2D eigenvalue weighted by molar-refractivity contribution is -0.164. The van der Waals surface area contributed by atoms with Crippen LogP contribution in [0.1, 0.15) is 73.6 Å². The minimum atomic E-state index is -0.281. The van der Waals surface area contributed by atoms with Crippen molar-refractivity contribution in [3.63, 3.8) is 0 Å². The first kappa shape index (κ1) is 16.1. The molecule has 0 radical (unpaired) electrons. The summed E-state index contributed by atoms with van der Waals surface area (Å²) in [6.07, 6.45) is 8.20. The molecular weight excluding hydrogens is 272 g/mol. The average Bonchev–Trinajstić information content (AvgIpc) is 2.59. The summed E-state index contributed by atoms with van der Waals surface area (Å²) >= 11 is 0. The summed E-state index contributed by atoms with van der Waals surface area (Å²) < 4.78 is 5.94. The lowest BCUT2D eigenvalue weighted by Gasteiger charge is -2.59. The van der Waals surface area contributed by atoms with Crippen molar-refractivity contribution in [3.05, 3.63) is 11.6 Å². The van der Waals surface area contributed by atoms with Gasteiger partial charge in [0.15, 0.2) is 0 Å². The SMILES string of the molecule is CC(C)/C=C1\C(=O)O[C@@]2(C)CC[C@@H]3C(C)(C)CCC[C@@]3(C)[C@H]12.